The SMILES string of the molecule is Cc1cc(=O)[nH]c2nnc(SCc3cccc(F)c3)n12. The van der Waals surface area contributed by atoms with Gasteiger partial charge in [-0.3, -0.25) is 14.2 Å². The van der Waals surface area contributed by atoms with E-state index in [4.69, 9.17) is 0 Å². The number of fused-ring (bicyclic) bond motifs is 1. The minimum atomic E-state index is -0.255. The molecule has 0 fully saturated rings. The number of hydrogen-bond acceptors (Lipinski definition) is 4. The Morgan fingerprint density at radius 3 is 3.00 bits per heavy atom. The number of H-pyrrole nitrogens is 1. The first-order valence-corrected chi connectivity index (χ1v) is 6.94. The van der Waals surface area contributed by atoms with Crippen molar-refractivity contribution >= 4 is 17.5 Å². The molecule has 7 heteroatoms. The summed E-state index contributed by atoms with van der Waals surface area (Å²) in [5.74, 6) is 0.739. The average Bonchev–Trinajstić information content (AvgIpc) is 2.79. The van der Waals surface area contributed by atoms with Crippen LogP contribution in [0.4, 0.5) is 4.39 Å². The van der Waals surface area contributed by atoms with Crippen LogP contribution in [0.5, 0.6) is 0 Å². The third kappa shape index (κ3) is 2.44. The highest BCUT2D eigenvalue weighted by molar-refractivity contribution is 7.98. The molecular formula is C13H11FN4OS. The number of thioether (sulfide) groups is 1. The molecule has 0 unspecified atom stereocenters. The molecule has 0 radical (unpaired) electrons. The smallest absolute Gasteiger partial charge is 0.252 e. The molecule has 0 saturated carbocycles. The van der Waals surface area contributed by atoms with E-state index in [-0.39, 0.29) is 11.4 Å². The summed E-state index contributed by atoms with van der Waals surface area (Å²) in [6, 6.07) is 7.92. The lowest BCUT2D eigenvalue weighted by Gasteiger charge is -2.03. The number of nitrogens with one attached hydrogen (secondary N) is 1. The highest BCUT2D eigenvalue weighted by Crippen LogP contribution is 2.22. The highest BCUT2D eigenvalue weighted by atomic mass is 32.2. The van der Waals surface area contributed by atoms with Gasteiger partial charge in [-0.25, -0.2) is 4.39 Å². The van der Waals surface area contributed by atoms with Crippen molar-refractivity contribution in [1.82, 2.24) is 19.6 Å². The summed E-state index contributed by atoms with van der Waals surface area (Å²) in [7, 11) is 0. The van der Waals surface area contributed by atoms with Gasteiger partial charge in [0.05, 0.1) is 0 Å². The van der Waals surface area contributed by atoms with Crippen molar-refractivity contribution in [2.24, 2.45) is 0 Å². The number of aromatic nitrogens is 4. The van der Waals surface area contributed by atoms with Crippen molar-refractivity contribution < 1.29 is 4.39 Å². The van der Waals surface area contributed by atoms with E-state index in [2.05, 4.69) is 15.2 Å². The summed E-state index contributed by atoms with van der Waals surface area (Å²) >= 11 is 1.44. The molecule has 3 aromatic rings. The zero-order chi connectivity index (χ0) is 14.1. The number of halogens is 1. The van der Waals surface area contributed by atoms with Crippen LogP contribution in [0.1, 0.15) is 11.3 Å². The van der Waals surface area contributed by atoms with Gasteiger partial charge in [0, 0.05) is 17.5 Å². The van der Waals surface area contributed by atoms with Gasteiger partial charge in [0.1, 0.15) is 5.82 Å². The van der Waals surface area contributed by atoms with Crippen LogP contribution < -0.4 is 5.56 Å². The van der Waals surface area contributed by atoms with Gasteiger partial charge in [-0.1, -0.05) is 23.9 Å². The number of nitrogens with zero attached hydrogens (tertiary/aromatic N) is 3. The maximum atomic E-state index is 13.1. The lowest BCUT2D eigenvalue weighted by Crippen LogP contribution is -2.09. The van der Waals surface area contributed by atoms with Crippen LogP contribution in [-0.2, 0) is 5.75 Å². The fourth-order valence-corrected chi connectivity index (χ4v) is 2.87. The van der Waals surface area contributed by atoms with Crippen LogP contribution in [-0.4, -0.2) is 19.6 Å². The fourth-order valence-electron chi connectivity index (χ4n) is 1.94. The standard InChI is InChI=1S/C13H11FN4OS/c1-8-5-11(19)15-12-16-17-13(18(8)12)20-7-9-3-2-4-10(14)6-9/h2-6H,7H2,1H3,(H,15,16,19). The lowest BCUT2D eigenvalue weighted by atomic mass is 10.2. The van der Waals surface area contributed by atoms with Crippen molar-refractivity contribution in [1.29, 1.82) is 0 Å². The molecule has 0 aliphatic heterocycles. The van der Waals surface area contributed by atoms with Gasteiger partial charge in [-0.2, -0.15) is 0 Å². The Morgan fingerprint density at radius 1 is 1.35 bits per heavy atom. The Bertz CT molecular complexity index is 827. The molecule has 2 heterocycles. The van der Waals surface area contributed by atoms with Gasteiger partial charge in [-0.05, 0) is 24.6 Å². The van der Waals surface area contributed by atoms with Crippen molar-refractivity contribution in [3.05, 3.63) is 57.8 Å². The first kappa shape index (κ1) is 12.9. The summed E-state index contributed by atoms with van der Waals surface area (Å²) in [6.07, 6.45) is 0. The van der Waals surface area contributed by atoms with E-state index >= 15 is 0 Å². The molecule has 20 heavy (non-hydrogen) atoms. The minimum absolute atomic E-state index is 0.205. The third-order valence-electron chi connectivity index (χ3n) is 2.82. The van der Waals surface area contributed by atoms with Gasteiger partial charge < -0.3 is 0 Å². The van der Waals surface area contributed by atoms with Gasteiger partial charge in [-0.15, -0.1) is 10.2 Å². The first-order valence-electron chi connectivity index (χ1n) is 5.96. The van der Waals surface area contributed by atoms with Crippen molar-refractivity contribution in [3.8, 4) is 0 Å². The van der Waals surface area contributed by atoms with E-state index in [9.17, 15) is 9.18 Å². The topological polar surface area (TPSA) is 63.0 Å². The molecule has 5 nitrogen and oxygen atoms in total. The average molecular weight is 290 g/mol. The summed E-state index contributed by atoms with van der Waals surface area (Å²) in [5.41, 5.74) is 1.42. The molecule has 1 N–H and O–H groups in total. The largest absolute Gasteiger partial charge is 0.291 e. The summed E-state index contributed by atoms with van der Waals surface area (Å²) < 4.78 is 14.9. The van der Waals surface area contributed by atoms with E-state index in [1.54, 1.807) is 10.5 Å². The normalized spacial score (nSPS) is 11.1. The molecule has 0 atom stereocenters. The van der Waals surface area contributed by atoms with Crippen molar-refractivity contribution in [2.45, 2.75) is 17.8 Å². The number of rotatable bonds is 3. The zero-order valence-corrected chi connectivity index (χ0v) is 11.4. The Labute approximate surface area is 117 Å². The second kappa shape index (κ2) is 5.09. The third-order valence-corrected chi connectivity index (χ3v) is 3.82. The molecule has 102 valence electrons. The van der Waals surface area contributed by atoms with Gasteiger partial charge >= 0.3 is 0 Å². The Kier molecular flexibility index (Phi) is 3.27. The molecule has 1 aromatic carbocycles. The molecule has 0 amide bonds. The van der Waals surface area contributed by atoms with Gasteiger partial charge in [0.25, 0.3) is 5.56 Å². The monoisotopic (exact) mass is 290 g/mol. The van der Waals surface area contributed by atoms with Crippen LogP contribution in [0, 0.1) is 12.7 Å². The number of aryl methyl sites for hydroxylation is 1. The van der Waals surface area contributed by atoms with Crippen LogP contribution in [0.2, 0.25) is 0 Å². The second-order valence-corrected chi connectivity index (χ2v) is 5.28. The maximum absolute atomic E-state index is 13.1. The molecular weight excluding hydrogens is 279 g/mol. The molecule has 0 saturated heterocycles. The van der Waals surface area contributed by atoms with Gasteiger partial charge in [0.2, 0.25) is 5.78 Å². The van der Waals surface area contributed by atoms with E-state index in [0.29, 0.717) is 16.7 Å². The zero-order valence-electron chi connectivity index (χ0n) is 10.6. The van der Waals surface area contributed by atoms with E-state index < -0.39 is 0 Å². The summed E-state index contributed by atoms with van der Waals surface area (Å²) in [6.45, 7) is 1.82. The lowest BCUT2D eigenvalue weighted by molar-refractivity contribution is 0.626. The Morgan fingerprint density at radius 2 is 2.20 bits per heavy atom. The van der Waals surface area contributed by atoms with Gasteiger partial charge in [0.15, 0.2) is 5.16 Å². The van der Waals surface area contributed by atoms with E-state index in [1.165, 1.54) is 30.0 Å². The quantitative estimate of drug-likeness (QED) is 0.751. The Hall–Kier alpha value is -2.15. The molecule has 0 bridgehead atoms. The van der Waals surface area contributed by atoms with Crippen LogP contribution in [0.15, 0.2) is 40.3 Å². The Balaban J connectivity index is 1.90. The van der Waals surface area contributed by atoms with Crippen molar-refractivity contribution in [2.75, 3.05) is 0 Å². The fraction of sp³-hybridized carbons (Fsp3) is 0.154. The molecule has 3 rings (SSSR count). The molecule has 0 aliphatic rings. The first-order chi connectivity index (χ1) is 9.63. The predicted octanol–water partition coefficient (Wildman–Crippen LogP) is 2.16. The second-order valence-electron chi connectivity index (χ2n) is 4.34. The number of hydrogen-bond donors (Lipinski definition) is 1. The summed E-state index contributed by atoms with van der Waals surface area (Å²) in [4.78, 5) is 14.0. The summed E-state index contributed by atoms with van der Waals surface area (Å²) in [5, 5.41) is 8.64. The van der Waals surface area contributed by atoms with Crippen LogP contribution in [0.25, 0.3) is 5.78 Å². The van der Waals surface area contributed by atoms with Crippen LogP contribution in [0.3, 0.4) is 0 Å². The molecule has 2 aromatic heterocycles. The maximum Gasteiger partial charge on any atom is 0.252 e. The predicted molar refractivity (Wildman–Crippen MR) is 74.3 cm³/mol. The number of benzene rings is 1. The highest BCUT2D eigenvalue weighted by Gasteiger charge is 2.09. The van der Waals surface area contributed by atoms with E-state index in [0.717, 1.165) is 11.3 Å². The van der Waals surface area contributed by atoms with Crippen molar-refractivity contribution in [3.63, 3.8) is 0 Å². The molecule has 0 aliphatic carbocycles. The number of aromatic amines is 1. The van der Waals surface area contributed by atoms with Crippen LogP contribution >= 0.6 is 11.8 Å². The molecule has 0 spiro atoms. The van der Waals surface area contributed by atoms with E-state index in [1.807, 2.05) is 13.0 Å². The minimum Gasteiger partial charge on any atom is -0.291 e.